The van der Waals surface area contributed by atoms with Gasteiger partial charge in [0.1, 0.15) is 11.9 Å². The molecule has 7 nitrogen and oxygen atoms in total. The number of amides is 1. The zero-order valence-corrected chi connectivity index (χ0v) is 16.7. The fourth-order valence-corrected chi connectivity index (χ4v) is 3.10. The van der Waals surface area contributed by atoms with Crippen LogP contribution < -0.4 is 10.9 Å². The Labute approximate surface area is 181 Å². The third kappa shape index (κ3) is 4.72. The van der Waals surface area contributed by atoms with Gasteiger partial charge in [0.05, 0.1) is 18.4 Å². The summed E-state index contributed by atoms with van der Waals surface area (Å²) in [5.74, 6) is -2.57. The number of fused-ring (bicyclic) bond motifs is 1. The Morgan fingerprint density at radius 3 is 2.78 bits per heavy atom. The van der Waals surface area contributed by atoms with E-state index in [-0.39, 0.29) is 18.7 Å². The van der Waals surface area contributed by atoms with Crippen LogP contribution in [-0.4, -0.2) is 32.0 Å². The van der Waals surface area contributed by atoms with Crippen LogP contribution in [0, 0.1) is 11.6 Å². The van der Waals surface area contributed by atoms with Crippen molar-refractivity contribution in [2.24, 2.45) is 0 Å². The van der Waals surface area contributed by atoms with Crippen molar-refractivity contribution in [2.45, 2.75) is 6.54 Å². The number of halogens is 2. The first-order valence-corrected chi connectivity index (χ1v) is 9.64. The maximum Gasteiger partial charge on any atom is 0.266 e. The number of rotatable bonds is 6. The second kappa shape index (κ2) is 9.25. The number of hydrogen-bond donors (Lipinski definition) is 1. The quantitative estimate of drug-likeness (QED) is 0.505. The first kappa shape index (κ1) is 21.0. The van der Waals surface area contributed by atoms with Crippen molar-refractivity contribution in [3.8, 4) is 0 Å². The van der Waals surface area contributed by atoms with Crippen LogP contribution in [0.1, 0.15) is 21.5 Å². The summed E-state index contributed by atoms with van der Waals surface area (Å²) in [6, 6.07) is 9.03. The lowest BCUT2D eigenvalue weighted by molar-refractivity contribution is 0.0955. The third-order valence-electron chi connectivity index (χ3n) is 4.70. The second-order valence-corrected chi connectivity index (χ2v) is 6.94. The van der Waals surface area contributed by atoms with Gasteiger partial charge in [0.25, 0.3) is 11.5 Å². The Balaban J connectivity index is 1.41. The Kier molecular flexibility index (Phi) is 6.07. The summed E-state index contributed by atoms with van der Waals surface area (Å²) in [5, 5.41) is 3.54. The van der Waals surface area contributed by atoms with Crippen molar-refractivity contribution in [1.29, 1.82) is 0 Å². The summed E-state index contributed by atoms with van der Waals surface area (Å²) in [4.78, 5) is 37.1. The third-order valence-corrected chi connectivity index (χ3v) is 4.70. The van der Waals surface area contributed by atoms with Crippen molar-refractivity contribution in [1.82, 2.24) is 24.8 Å². The zero-order valence-electron chi connectivity index (χ0n) is 16.7. The number of nitrogens with one attached hydrogen (secondary N) is 1. The number of nitrogens with zero attached hydrogens (tertiary/aromatic N) is 4. The standard InChI is InChI=1S/C23H17F2N5O2/c24-19-5-3-16(9-20(19)25)12-30-14-27-11-18(23(30)32)22(31)28-7-1-2-15-4-6-21-17(8-15)10-26-13-29-21/h1-6,8-11,13-14H,7,12H2,(H,28,31)/b2-1+. The fourth-order valence-electron chi connectivity index (χ4n) is 3.10. The molecule has 160 valence electrons. The zero-order chi connectivity index (χ0) is 22.5. The van der Waals surface area contributed by atoms with Crippen LogP contribution >= 0.6 is 0 Å². The van der Waals surface area contributed by atoms with Gasteiger partial charge in [-0.15, -0.1) is 0 Å². The van der Waals surface area contributed by atoms with Gasteiger partial charge in [-0.2, -0.15) is 0 Å². The van der Waals surface area contributed by atoms with Crippen molar-refractivity contribution >= 4 is 22.9 Å². The maximum atomic E-state index is 13.4. The van der Waals surface area contributed by atoms with Gasteiger partial charge in [-0.25, -0.2) is 23.7 Å². The van der Waals surface area contributed by atoms with Crippen LogP contribution in [0.3, 0.4) is 0 Å². The summed E-state index contributed by atoms with van der Waals surface area (Å²) in [7, 11) is 0. The van der Waals surface area contributed by atoms with Gasteiger partial charge in [0.2, 0.25) is 0 Å². The molecule has 0 spiro atoms. The van der Waals surface area contributed by atoms with Crippen molar-refractivity contribution in [3.05, 3.63) is 106 Å². The highest BCUT2D eigenvalue weighted by atomic mass is 19.2. The van der Waals surface area contributed by atoms with E-state index in [0.29, 0.717) is 5.56 Å². The Morgan fingerprint density at radius 1 is 1.06 bits per heavy atom. The van der Waals surface area contributed by atoms with Gasteiger partial charge in [-0.05, 0) is 35.4 Å². The van der Waals surface area contributed by atoms with Crippen LogP contribution in [-0.2, 0) is 6.54 Å². The minimum Gasteiger partial charge on any atom is -0.348 e. The minimum absolute atomic E-state index is 0.0459. The SMILES string of the molecule is O=C(NC/C=C/c1ccc2ncncc2c1)c1cncn(Cc2ccc(F)c(F)c2)c1=O. The predicted octanol–water partition coefficient (Wildman–Crippen LogP) is 2.96. The lowest BCUT2D eigenvalue weighted by atomic mass is 10.1. The smallest absolute Gasteiger partial charge is 0.266 e. The molecule has 0 atom stereocenters. The van der Waals surface area contributed by atoms with Gasteiger partial charge in [-0.1, -0.05) is 24.3 Å². The monoisotopic (exact) mass is 433 g/mol. The molecule has 1 N–H and O–H groups in total. The Morgan fingerprint density at radius 2 is 1.94 bits per heavy atom. The molecule has 4 rings (SSSR count). The van der Waals surface area contributed by atoms with Gasteiger partial charge in [-0.3, -0.25) is 14.2 Å². The minimum atomic E-state index is -1.01. The van der Waals surface area contributed by atoms with Gasteiger partial charge >= 0.3 is 0 Å². The molecule has 0 unspecified atom stereocenters. The average Bonchev–Trinajstić information content (AvgIpc) is 2.80. The summed E-state index contributed by atoms with van der Waals surface area (Å²) >= 11 is 0. The van der Waals surface area contributed by atoms with E-state index in [1.807, 2.05) is 24.3 Å². The molecule has 2 aromatic carbocycles. The Hall–Kier alpha value is -4.27. The highest BCUT2D eigenvalue weighted by molar-refractivity contribution is 5.93. The molecule has 9 heteroatoms. The van der Waals surface area contributed by atoms with Crippen molar-refractivity contribution in [2.75, 3.05) is 6.54 Å². The number of benzene rings is 2. The molecule has 32 heavy (non-hydrogen) atoms. The predicted molar refractivity (Wildman–Crippen MR) is 115 cm³/mol. The number of aromatic nitrogens is 4. The lowest BCUT2D eigenvalue weighted by Gasteiger charge is -2.08. The lowest BCUT2D eigenvalue weighted by Crippen LogP contribution is -2.33. The van der Waals surface area contributed by atoms with Gasteiger partial charge in [0, 0.05) is 24.3 Å². The van der Waals surface area contributed by atoms with E-state index >= 15 is 0 Å². The van der Waals surface area contributed by atoms with Gasteiger partial charge < -0.3 is 5.32 Å². The van der Waals surface area contributed by atoms with E-state index < -0.39 is 23.1 Å². The van der Waals surface area contributed by atoms with E-state index in [0.717, 1.165) is 33.2 Å². The van der Waals surface area contributed by atoms with E-state index in [2.05, 4.69) is 20.3 Å². The van der Waals surface area contributed by atoms with E-state index in [4.69, 9.17) is 0 Å². The van der Waals surface area contributed by atoms with E-state index in [9.17, 15) is 18.4 Å². The van der Waals surface area contributed by atoms with Crippen LogP contribution in [0.2, 0.25) is 0 Å². The van der Waals surface area contributed by atoms with E-state index in [1.165, 1.54) is 24.9 Å². The molecule has 0 radical (unpaired) electrons. The molecule has 2 aromatic heterocycles. The van der Waals surface area contributed by atoms with Crippen LogP contribution in [0.15, 0.2) is 72.3 Å². The molecule has 0 saturated carbocycles. The molecular formula is C23H17F2N5O2. The number of carbonyl (C=O) groups excluding carboxylic acids is 1. The Bertz CT molecular complexity index is 1380. The van der Waals surface area contributed by atoms with Crippen molar-refractivity contribution < 1.29 is 13.6 Å². The molecule has 0 aliphatic rings. The molecule has 0 saturated heterocycles. The highest BCUT2D eigenvalue weighted by Crippen LogP contribution is 2.13. The maximum absolute atomic E-state index is 13.4. The van der Waals surface area contributed by atoms with E-state index in [1.54, 1.807) is 12.3 Å². The normalized spacial score (nSPS) is 11.2. The van der Waals surface area contributed by atoms with Crippen molar-refractivity contribution in [3.63, 3.8) is 0 Å². The topological polar surface area (TPSA) is 89.8 Å². The molecule has 2 heterocycles. The fraction of sp³-hybridized carbons (Fsp3) is 0.0870. The van der Waals surface area contributed by atoms with Crippen LogP contribution in [0.25, 0.3) is 17.0 Å². The molecular weight excluding hydrogens is 416 g/mol. The molecule has 0 fully saturated rings. The first-order chi connectivity index (χ1) is 15.5. The summed E-state index contributed by atoms with van der Waals surface area (Å²) in [5.41, 5.74) is 1.39. The number of hydrogen-bond acceptors (Lipinski definition) is 5. The summed E-state index contributed by atoms with van der Waals surface area (Å²) in [6.45, 7) is 0.148. The molecule has 0 aliphatic carbocycles. The van der Waals surface area contributed by atoms with Crippen LogP contribution in [0.4, 0.5) is 8.78 Å². The summed E-state index contributed by atoms with van der Waals surface area (Å²) in [6.07, 6.45) is 9.19. The second-order valence-electron chi connectivity index (χ2n) is 6.94. The summed E-state index contributed by atoms with van der Waals surface area (Å²) < 4.78 is 27.7. The van der Waals surface area contributed by atoms with Gasteiger partial charge in [0.15, 0.2) is 11.6 Å². The molecule has 1 amide bonds. The average molecular weight is 433 g/mol. The molecule has 4 aromatic rings. The molecule has 0 aliphatic heterocycles. The molecule has 0 bridgehead atoms. The number of carbonyl (C=O) groups is 1. The largest absolute Gasteiger partial charge is 0.348 e. The highest BCUT2D eigenvalue weighted by Gasteiger charge is 2.13. The first-order valence-electron chi connectivity index (χ1n) is 9.64. The van der Waals surface area contributed by atoms with Crippen LogP contribution in [0.5, 0.6) is 0 Å².